The van der Waals surface area contributed by atoms with Gasteiger partial charge in [0.25, 0.3) is 0 Å². The van der Waals surface area contributed by atoms with Crippen LogP contribution in [-0.2, 0) is 9.53 Å². The van der Waals surface area contributed by atoms with Gasteiger partial charge in [-0.15, -0.1) is 0 Å². The smallest absolute Gasteiger partial charge is 0.219 e. The van der Waals surface area contributed by atoms with E-state index in [9.17, 15) is 4.79 Å². The third kappa shape index (κ3) is 4.96. The lowest BCUT2D eigenvalue weighted by molar-refractivity contribution is -0.130. The molecule has 0 aliphatic carbocycles. The first-order valence-corrected chi connectivity index (χ1v) is 8.83. The van der Waals surface area contributed by atoms with Crippen LogP contribution in [0.1, 0.15) is 6.92 Å². The van der Waals surface area contributed by atoms with Gasteiger partial charge in [-0.25, -0.2) is 0 Å². The molecule has 2 N–H and O–H groups in total. The van der Waals surface area contributed by atoms with Crippen LogP contribution in [0.5, 0.6) is 5.88 Å². The minimum Gasteiger partial charge on any atom is -0.476 e. The largest absolute Gasteiger partial charge is 0.476 e. The summed E-state index contributed by atoms with van der Waals surface area (Å²) in [5.74, 6) is 1.17. The Kier molecular flexibility index (Phi) is 5.93. The van der Waals surface area contributed by atoms with E-state index in [0.717, 1.165) is 64.7 Å². The maximum atomic E-state index is 11.3. The molecule has 3 heterocycles. The summed E-state index contributed by atoms with van der Waals surface area (Å²) in [5.41, 5.74) is 6.96. The number of rotatable bonds is 5. The number of morpholine rings is 1. The molecule has 8 nitrogen and oxygen atoms in total. The normalized spacial score (nSPS) is 19.1. The molecule has 8 heteroatoms. The number of nitrogens with two attached hydrogens (primary N) is 1. The highest BCUT2D eigenvalue weighted by molar-refractivity contribution is 5.73. The number of piperazine rings is 1. The van der Waals surface area contributed by atoms with Gasteiger partial charge in [0.2, 0.25) is 11.8 Å². The number of nitrogens with zero attached hydrogens (tertiary/aromatic N) is 4. The Morgan fingerprint density at radius 2 is 1.92 bits per heavy atom. The van der Waals surface area contributed by atoms with Gasteiger partial charge >= 0.3 is 0 Å². The Labute approximate surface area is 148 Å². The van der Waals surface area contributed by atoms with Gasteiger partial charge in [0.15, 0.2) is 0 Å². The van der Waals surface area contributed by atoms with Gasteiger partial charge in [-0.3, -0.25) is 9.69 Å². The van der Waals surface area contributed by atoms with Crippen molar-refractivity contribution in [1.82, 2.24) is 14.8 Å². The molecule has 1 amide bonds. The van der Waals surface area contributed by atoms with Crippen LogP contribution < -0.4 is 15.4 Å². The van der Waals surface area contributed by atoms with Gasteiger partial charge in [-0.1, -0.05) is 0 Å². The maximum absolute atomic E-state index is 11.3. The number of pyridine rings is 1. The molecule has 2 aliphatic rings. The van der Waals surface area contributed by atoms with Gasteiger partial charge in [0.1, 0.15) is 12.4 Å². The van der Waals surface area contributed by atoms with Crippen molar-refractivity contribution in [3.05, 3.63) is 12.1 Å². The molecule has 0 atom stereocenters. The van der Waals surface area contributed by atoms with Crippen LogP contribution in [0.3, 0.4) is 0 Å². The van der Waals surface area contributed by atoms with Crippen molar-refractivity contribution in [2.45, 2.75) is 6.92 Å². The summed E-state index contributed by atoms with van der Waals surface area (Å²) < 4.78 is 11.2. The number of carbonyl (C=O) groups is 1. The van der Waals surface area contributed by atoms with Gasteiger partial charge in [0.05, 0.1) is 13.2 Å². The van der Waals surface area contributed by atoms with E-state index in [0.29, 0.717) is 18.3 Å². The summed E-state index contributed by atoms with van der Waals surface area (Å²) in [6, 6.07) is 3.81. The molecule has 0 radical (unpaired) electrons. The molecular formula is C17H27N5O3. The summed E-state index contributed by atoms with van der Waals surface area (Å²) >= 11 is 0. The van der Waals surface area contributed by atoms with Gasteiger partial charge < -0.3 is 25.0 Å². The van der Waals surface area contributed by atoms with Gasteiger partial charge in [-0.05, 0) is 0 Å². The molecule has 138 valence electrons. The van der Waals surface area contributed by atoms with E-state index in [-0.39, 0.29) is 5.91 Å². The van der Waals surface area contributed by atoms with E-state index in [1.54, 1.807) is 6.92 Å². The number of amides is 1. The quantitative estimate of drug-likeness (QED) is 0.804. The molecule has 3 rings (SSSR count). The highest BCUT2D eigenvalue weighted by Gasteiger charge is 2.18. The summed E-state index contributed by atoms with van der Waals surface area (Å²) in [6.07, 6.45) is 0. The first-order chi connectivity index (χ1) is 12.1. The standard InChI is InChI=1S/C17H27N5O3/c1-14(23)21-4-2-20(3-5-21)6-11-25-17-13-15(12-16(18)19-17)22-7-9-24-10-8-22/h12-13H,2-11H2,1H3,(H2,18,19). The number of nitrogen functional groups attached to an aromatic ring is 1. The second-order valence-corrected chi connectivity index (χ2v) is 6.38. The number of hydrogen-bond donors (Lipinski definition) is 1. The monoisotopic (exact) mass is 349 g/mol. The minimum absolute atomic E-state index is 0.149. The van der Waals surface area contributed by atoms with E-state index < -0.39 is 0 Å². The van der Waals surface area contributed by atoms with Crippen molar-refractivity contribution in [2.24, 2.45) is 0 Å². The molecule has 0 unspecified atom stereocenters. The molecule has 1 aromatic heterocycles. The van der Waals surface area contributed by atoms with E-state index in [4.69, 9.17) is 15.2 Å². The van der Waals surface area contributed by atoms with Crippen molar-refractivity contribution in [3.63, 3.8) is 0 Å². The molecule has 2 fully saturated rings. The Morgan fingerprint density at radius 3 is 2.60 bits per heavy atom. The summed E-state index contributed by atoms with van der Waals surface area (Å²) in [4.78, 5) is 22.0. The van der Waals surface area contributed by atoms with Crippen LogP contribution >= 0.6 is 0 Å². The van der Waals surface area contributed by atoms with E-state index in [2.05, 4.69) is 14.8 Å². The Balaban J connectivity index is 1.48. The average molecular weight is 349 g/mol. The summed E-state index contributed by atoms with van der Waals surface area (Å²) in [5, 5.41) is 0. The zero-order chi connectivity index (χ0) is 17.6. The van der Waals surface area contributed by atoms with E-state index in [1.165, 1.54) is 0 Å². The molecule has 25 heavy (non-hydrogen) atoms. The van der Waals surface area contributed by atoms with Crippen molar-refractivity contribution < 1.29 is 14.3 Å². The second-order valence-electron chi connectivity index (χ2n) is 6.38. The molecule has 0 saturated carbocycles. The average Bonchev–Trinajstić information content (AvgIpc) is 2.62. The zero-order valence-corrected chi connectivity index (χ0v) is 14.8. The molecular weight excluding hydrogens is 322 g/mol. The number of carbonyl (C=O) groups excluding carboxylic acids is 1. The number of aromatic nitrogens is 1. The number of hydrogen-bond acceptors (Lipinski definition) is 7. The topological polar surface area (TPSA) is 84.2 Å². The molecule has 0 aromatic carbocycles. The lowest BCUT2D eigenvalue weighted by Gasteiger charge is -2.34. The second kappa shape index (κ2) is 8.35. The Morgan fingerprint density at radius 1 is 1.20 bits per heavy atom. The van der Waals surface area contributed by atoms with Crippen LogP contribution in [0.15, 0.2) is 12.1 Å². The minimum atomic E-state index is 0.149. The fourth-order valence-corrected chi connectivity index (χ4v) is 3.16. The fourth-order valence-electron chi connectivity index (χ4n) is 3.16. The van der Waals surface area contributed by atoms with Crippen molar-refractivity contribution in [2.75, 3.05) is 76.3 Å². The van der Waals surface area contributed by atoms with E-state index in [1.807, 2.05) is 17.0 Å². The lowest BCUT2D eigenvalue weighted by atomic mass is 10.3. The predicted molar refractivity (Wildman–Crippen MR) is 95.9 cm³/mol. The number of anilines is 2. The molecule has 0 spiro atoms. The predicted octanol–water partition coefficient (Wildman–Crippen LogP) is 0.0433. The van der Waals surface area contributed by atoms with Crippen LogP contribution in [-0.4, -0.2) is 86.3 Å². The Bertz CT molecular complexity index is 584. The Hall–Kier alpha value is -2.06. The third-order valence-corrected chi connectivity index (χ3v) is 4.66. The van der Waals surface area contributed by atoms with Gasteiger partial charge in [-0.2, -0.15) is 4.98 Å². The zero-order valence-electron chi connectivity index (χ0n) is 14.8. The molecule has 0 bridgehead atoms. The third-order valence-electron chi connectivity index (χ3n) is 4.66. The molecule has 2 saturated heterocycles. The van der Waals surface area contributed by atoms with Crippen LogP contribution in [0.4, 0.5) is 11.5 Å². The van der Waals surface area contributed by atoms with Gasteiger partial charge in [0, 0.05) is 70.6 Å². The first-order valence-electron chi connectivity index (χ1n) is 8.83. The lowest BCUT2D eigenvalue weighted by Crippen LogP contribution is -2.48. The summed E-state index contributed by atoms with van der Waals surface area (Å²) in [6.45, 7) is 9.48. The van der Waals surface area contributed by atoms with Crippen molar-refractivity contribution in [1.29, 1.82) is 0 Å². The maximum Gasteiger partial charge on any atom is 0.219 e. The van der Waals surface area contributed by atoms with Crippen molar-refractivity contribution >= 4 is 17.4 Å². The molecule has 2 aliphatic heterocycles. The van der Waals surface area contributed by atoms with E-state index >= 15 is 0 Å². The summed E-state index contributed by atoms with van der Waals surface area (Å²) in [7, 11) is 0. The fraction of sp³-hybridized carbons (Fsp3) is 0.647. The highest BCUT2D eigenvalue weighted by atomic mass is 16.5. The van der Waals surface area contributed by atoms with Crippen LogP contribution in [0.25, 0.3) is 0 Å². The van der Waals surface area contributed by atoms with Crippen LogP contribution in [0, 0.1) is 0 Å². The van der Waals surface area contributed by atoms with Crippen molar-refractivity contribution in [3.8, 4) is 5.88 Å². The van der Waals surface area contributed by atoms with Crippen LogP contribution in [0.2, 0.25) is 0 Å². The molecule has 1 aromatic rings. The first kappa shape index (κ1) is 17.8. The highest BCUT2D eigenvalue weighted by Crippen LogP contribution is 2.23. The number of ether oxygens (including phenoxy) is 2. The SMILES string of the molecule is CC(=O)N1CCN(CCOc2cc(N3CCOCC3)cc(N)n2)CC1.